The van der Waals surface area contributed by atoms with Gasteiger partial charge in [0.2, 0.25) is 0 Å². The molecule has 5 heteroatoms. The third kappa shape index (κ3) is 2.10. The maximum Gasteiger partial charge on any atom is 0.157 e. The zero-order valence-electron chi connectivity index (χ0n) is 9.61. The van der Waals surface area contributed by atoms with Crippen molar-refractivity contribution in [3.8, 4) is 5.75 Å². The van der Waals surface area contributed by atoms with E-state index in [1.165, 1.54) is 0 Å². The molecule has 0 saturated heterocycles. The van der Waals surface area contributed by atoms with Gasteiger partial charge in [0.25, 0.3) is 0 Å². The Morgan fingerprint density at radius 3 is 2.78 bits per heavy atom. The molecule has 18 heavy (non-hydrogen) atoms. The first kappa shape index (κ1) is 10.6. The molecule has 1 aromatic carbocycles. The van der Waals surface area contributed by atoms with Crippen LogP contribution in [0, 0.1) is 0 Å². The molecule has 2 aromatic heterocycles. The highest BCUT2D eigenvalue weighted by molar-refractivity contribution is 5.45. The van der Waals surface area contributed by atoms with Gasteiger partial charge in [-0.25, -0.2) is 9.50 Å². The predicted octanol–water partition coefficient (Wildman–Crippen LogP) is 2.05. The second kappa shape index (κ2) is 4.37. The number of fused-ring (bicyclic) bond motifs is 1. The Hall–Kier alpha value is -2.56. The van der Waals surface area contributed by atoms with Crippen molar-refractivity contribution in [2.75, 3.05) is 5.32 Å². The minimum Gasteiger partial charge on any atom is -0.508 e. The van der Waals surface area contributed by atoms with E-state index in [2.05, 4.69) is 15.4 Å². The van der Waals surface area contributed by atoms with Crippen LogP contribution in [0.5, 0.6) is 5.75 Å². The minimum absolute atomic E-state index is 0.276. The molecule has 5 nitrogen and oxygen atoms in total. The van der Waals surface area contributed by atoms with E-state index in [-0.39, 0.29) is 5.75 Å². The smallest absolute Gasteiger partial charge is 0.157 e. The molecule has 0 saturated carbocycles. The summed E-state index contributed by atoms with van der Waals surface area (Å²) in [5, 5.41) is 16.5. The molecule has 2 heterocycles. The summed E-state index contributed by atoms with van der Waals surface area (Å²) in [5.41, 5.74) is 1.90. The summed E-state index contributed by atoms with van der Waals surface area (Å²) in [6, 6.07) is 10.8. The maximum absolute atomic E-state index is 9.19. The number of benzene rings is 1. The number of hydrogen-bond donors (Lipinski definition) is 2. The van der Waals surface area contributed by atoms with E-state index in [1.807, 2.05) is 30.5 Å². The number of hydrogen-bond acceptors (Lipinski definition) is 4. The van der Waals surface area contributed by atoms with Crippen LogP contribution in [0.15, 0.2) is 48.8 Å². The topological polar surface area (TPSA) is 62.5 Å². The molecule has 0 aliphatic carbocycles. The summed E-state index contributed by atoms with van der Waals surface area (Å²) in [6.07, 6.45) is 3.58. The van der Waals surface area contributed by atoms with Crippen molar-refractivity contribution < 1.29 is 5.11 Å². The van der Waals surface area contributed by atoms with Crippen LogP contribution in [-0.4, -0.2) is 19.7 Å². The molecule has 0 bridgehead atoms. The Morgan fingerprint density at radius 1 is 1.11 bits per heavy atom. The van der Waals surface area contributed by atoms with Gasteiger partial charge in [0.1, 0.15) is 11.6 Å². The van der Waals surface area contributed by atoms with Gasteiger partial charge in [-0.05, 0) is 23.8 Å². The van der Waals surface area contributed by atoms with Crippen LogP contribution in [0.2, 0.25) is 0 Å². The van der Waals surface area contributed by atoms with E-state index in [0.717, 1.165) is 17.0 Å². The standard InChI is InChI=1S/C13H12N4O/c18-11-3-1-10(2-4-11)9-14-12-6-8-17-13(16-12)5-7-15-17/h1-8,18H,9H2,(H,14,16). The van der Waals surface area contributed by atoms with Crippen molar-refractivity contribution in [2.45, 2.75) is 6.54 Å². The number of phenolic OH excluding ortho intramolecular Hbond substituents is 1. The number of anilines is 1. The van der Waals surface area contributed by atoms with Gasteiger partial charge in [-0.15, -0.1) is 0 Å². The first-order valence-corrected chi connectivity index (χ1v) is 5.63. The predicted molar refractivity (Wildman–Crippen MR) is 68.4 cm³/mol. The largest absolute Gasteiger partial charge is 0.508 e. The summed E-state index contributed by atoms with van der Waals surface area (Å²) in [4.78, 5) is 4.41. The van der Waals surface area contributed by atoms with Gasteiger partial charge in [-0.3, -0.25) is 0 Å². The highest BCUT2D eigenvalue weighted by Crippen LogP contribution is 2.12. The molecule has 0 fully saturated rings. The molecular formula is C13H12N4O. The fourth-order valence-electron chi connectivity index (χ4n) is 1.72. The van der Waals surface area contributed by atoms with Crippen molar-refractivity contribution in [3.05, 3.63) is 54.4 Å². The monoisotopic (exact) mass is 240 g/mol. The van der Waals surface area contributed by atoms with Crippen molar-refractivity contribution in [1.29, 1.82) is 0 Å². The molecule has 0 atom stereocenters. The number of nitrogens with zero attached hydrogens (tertiary/aromatic N) is 3. The van der Waals surface area contributed by atoms with Crippen LogP contribution in [0.3, 0.4) is 0 Å². The molecule has 3 rings (SSSR count). The molecule has 3 aromatic rings. The van der Waals surface area contributed by atoms with Gasteiger partial charge in [0, 0.05) is 18.8 Å². The first-order valence-electron chi connectivity index (χ1n) is 5.63. The fraction of sp³-hybridized carbons (Fsp3) is 0.0769. The van der Waals surface area contributed by atoms with Crippen molar-refractivity contribution in [2.24, 2.45) is 0 Å². The molecule has 0 aliphatic rings. The van der Waals surface area contributed by atoms with E-state index in [1.54, 1.807) is 22.8 Å². The summed E-state index contributed by atoms with van der Waals surface area (Å²) in [6.45, 7) is 0.664. The average molecular weight is 240 g/mol. The van der Waals surface area contributed by atoms with Crippen molar-refractivity contribution >= 4 is 11.5 Å². The third-order valence-electron chi connectivity index (χ3n) is 2.67. The number of nitrogens with one attached hydrogen (secondary N) is 1. The minimum atomic E-state index is 0.276. The maximum atomic E-state index is 9.19. The molecule has 0 aliphatic heterocycles. The second-order valence-electron chi connectivity index (χ2n) is 3.97. The SMILES string of the molecule is Oc1ccc(CNc2ccn3nccc3n2)cc1. The second-order valence-corrected chi connectivity index (χ2v) is 3.97. The molecule has 0 spiro atoms. The Labute approximate surface area is 104 Å². The summed E-state index contributed by atoms with van der Waals surface area (Å²) in [5.74, 6) is 1.08. The Kier molecular flexibility index (Phi) is 2.57. The van der Waals surface area contributed by atoms with Crippen LogP contribution in [0.1, 0.15) is 5.56 Å². The number of aromatic nitrogens is 3. The molecule has 0 radical (unpaired) electrons. The number of aromatic hydroxyl groups is 1. The van der Waals surface area contributed by atoms with Crippen molar-refractivity contribution in [3.63, 3.8) is 0 Å². The van der Waals surface area contributed by atoms with Gasteiger partial charge in [0.15, 0.2) is 5.65 Å². The van der Waals surface area contributed by atoms with E-state index in [0.29, 0.717) is 6.54 Å². The van der Waals surface area contributed by atoms with Gasteiger partial charge in [-0.1, -0.05) is 12.1 Å². The third-order valence-corrected chi connectivity index (χ3v) is 2.67. The van der Waals surface area contributed by atoms with E-state index < -0.39 is 0 Å². The number of phenols is 1. The highest BCUT2D eigenvalue weighted by Gasteiger charge is 1.98. The average Bonchev–Trinajstić information content (AvgIpc) is 2.85. The van der Waals surface area contributed by atoms with Gasteiger partial charge >= 0.3 is 0 Å². The Morgan fingerprint density at radius 2 is 1.94 bits per heavy atom. The van der Waals surface area contributed by atoms with E-state index in [4.69, 9.17) is 0 Å². The highest BCUT2D eigenvalue weighted by atomic mass is 16.3. The quantitative estimate of drug-likeness (QED) is 0.735. The van der Waals surface area contributed by atoms with Crippen LogP contribution >= 0.6 is 0 Å². The molecule has 90 valence electrons. The van der Waals surface area contributed by atoms with Crippen LogP contribution in [0.4, 0.5) is 5.82 Å². The van der Waals surface area contributed by atoms with Crippen LogP contribution in [-0.2, 0) is 6.54 Å². The lowest BCUT2D eigenvalue weighted by Crippen LogP contribution is -2.02. The molecule has 0 amide bonds. The zero-order chi connectivity index (χ0) is 12.4. The van der Waals surface area contributed by atoms with E-state index in [9.17, 15) is 5.11 Å². The first-order chi connectivity index (χ1) is 8.81. The lowest BCUT2D eigenvalue weighted by atomic mass is 10.2. The molecule has 2 N–H and O–H groups in total. The van der Waals surface area contributed by atoms with Crippen LogP contribution in [0.25, 0.3) is 5.65 Å². The van der Waals surface area contributed by atoms with Gasteiger partial charge in [-0.2, -0.15) is 5.10 Å². The van der Waals surface area contributed by atoms with Crippen molar-refractivity contribution in [1.82, 2.24) is 14.6 Å². The lowest BCUT2D eigenvalue weighted by Gasteiger charge is -2.06. The summed E-state index contributed by atoms with van der Waals surface area (Å²) < 4.78 is 1.71. The summed E-state index contributed by atoms with van der Waals surface area (Å²) in [7, 11) is 0. The lowest BCUT2D eigenvalue weighted by molar-refractivity contribution is 0.475. The van der Waals surface area contributed by atoms with E-state index >= 15 is 0 Å². The Bertz CT molecular complexity index is 660. The fourth-order valence-corrected chi connectivity index (χ4v) is 1.72. The zero-order valence-corrected chi connectivity index (χ0v) is 9.61. The van der Waals surface area contributed by atoms with Gasteiger partial charge < -0.3 is 10.4 Å². The molecular weight excluding hydrogens is 228 g/mol. The normalized spacial score (nSPS) is 10.7. The number of rotatable bonds is 3. The molecule has 0 unspecified atom stereocenters. The Balaban J connectivity index is 1.74. The summed E-state index contributed by atoms with van der Waals surface area (Å²) >= 11 is 0. The van der Waals surface area contributed by atoms with Gasteiger partial charge in [0.05, 0.1) is 6.20 Å². The van der Waals surface area contributed by atoms with Crippen LogP contribution < -0.4 is 5.32 Å².